The maximum Gasteiger partial charge on any atom is 0.223 e. The van der Waals surface area contributed by atoms with E-state index in [4.69, 9.17) is 4.74 Å². The number of nitrogens with zero attached hydrogens (tertiary/aromatic N) is 4. The summed E-state index contributed by atoms with van der Waals surface area (Å²) in [6.07, 6.45) is 6.63. The molecule has 0 saturated carbocycles. The Balaban J connectivity index is 1.57. The highest BCUT2D eigenvalue weighted by Gasteiger charge is 2.49. The molecule has 1 aromatic rings. The van der Waals surface area contributed by atoms with Crippen LogP contribution in [0.25, 0.3) is 0 Å². The van der Waals surface area contributed by atoms with Crippen molar-refractivity contribution in [3.63, 3.8) is 0 Å². The molecule has 2 bridgehead atoms. The van der Waals surface area contributed by atoms with E-state index in [1.807, 2.05) is 13.0 Å². The molecule has 8 heteroatoms. The van der Waals surface area contributed by atoms with Gasteiger partial charge in [0.15, 0.2) is 0 Å². The maximum absolute atomic E-state index is 12.8. The Bertz CT molecular complexity index is 758. The van der Waals surface area contributed by atoms with Crippen LogP contribution in [0.2, 0.25) is 0 Å². The minimum atomic E-state index is 0.0522. The first-order valence-corrected chi connectivity index (χ1v) is 10.8. The van der Waals surface area contributed by atoms with Gasteiger partial charge in [-0.15, -0.1) is 0 Å². The van der Waals surface area contributed by atoms with E-state index in [1.165, 1.54) is 6.33 Å². The van der Waals surface area contributed by atoms with Gasteiger partial charge < -0.3 is 19.9 Å². The summed E-state index contributed by atoms with van der Waals surface area (Å²) < 4.78 is 5.27. The number of methoxy groups -OCH3 is 1. The Morgan fingerprint density at radius 1 is 1.31 bits per heavy atom. The van der Waals surface area contributed by atoms with Gasteiger partial charge in [-0.05, 0) is 37.5 Å². The number of carbonyl (C=O) groups is 2. The fraction of sp³-hybridized carbons (Fsp3) is 0.714. The van der Waals surface area contributed by atoms with E-state index in [2.05, 4.69) is 25.1 Å². The molecule has 3 aliphatic heterocycles. The van der Waals surface area contributed by atoms with Crippen LogP contribution in [0.4, 0.5) is 5.82 Å². The predicted octanol–water partition coefficient (Wildman–Crippen LogP) is 1.61. The summed E-state index contributed by atoms with van der Waals surface area (Å²) in [5.74, 6) is 2.50. The minimum Gasteiger partial charge on any atom is -0.481 e. The second-order valence-electron chi connectivity index (χ2n) is 8.46. The second-order valence-corrected chi connectivity index (χ2v) is 8.46. The van der Waals surface area contributed by atoms with Crippen molar-refractivity contribution in [2.24, 2.45) is 11.8 Å². The van der Waals surface area contributed by atoms with Gasteiger partial charge in [-0.25, -0.2) is 9.97 Å². The second kappa shape index (κ2) is 8.55. The molecule has 0 aromatic carbocycles. The number of aromatic nitrogens is 2. The summed E-state index contributed by atoms with van der Waals surface area (Å²) in [4.78, 5) is 38.0. The van der Waals surface area contributed by atoms with Crippen molar-refractivity contribution >= 4 is 17.6 Å². The van der Waals surface area contributed by atoms with Crippen molar-refractivity contribution in [3.8, 4) is 5.88 Å². The number of amides is 2. The van der Waals surface area contributed by atoms with Crippen molar-refractivity contribution < 1.29 is 14.3 Å². The van der Waals surface area contributed by atoms with Crippen molar-refractivity contribution in [2.75, 3.05) is 31.6 Å². The molecule has 0 aliphatic carbocycles. The molecule has 3 fully saturated rings. The molecule has 3 aliphatic rings. The Labute approximate surface area is 172 Å². The number of hydrogen-bond acceptors (Lipinski definition) is 6. The van der Waals surface area contributed by atoms with Gasteiger partial charge in [0.05, 0.1) is 13.2 Å². The summed E-state index contributed by atoms with van der Waals surface area (Å²) in [5, 5.41) is 3.09. The summed E-state index contributed by atoms with van der Waals surface area (Å²) in [6, 6.07) is 2.19. The van der Waals surface area contributed by atoms with Crippen molar-refractivity contribution in [2.45, 2.75) is 57.5 Å². The molecule has 0 unspecified atom stereocenters. The molecule has 0 spiro atoms. The first-order valence-electron chi connectivity index (χ1n) is 10.8. The summed E-state index contributed by atoms with van der Waals surface area (Å²) in [5.41, 5.74) is 0. The number of ether oxygens (including phenoxy) is 1. The molecule has 4 rings (SSSR count). The van der Waals surface area contributed by atoms with Gasteiger partial charge in [-0.3, -0.25) is 9.59 Å². The molecular weight excluding hydrogens is 370 g/mol. The fourth-order valence-corrected chi connectivity index (χ4v) is 5.37. The lowest BCUT2D eigenvalue weighted by atomic mass is 9.72. The Hall–Kier alpha value is -2.38. The number of anilines is 1. The van der Waals surface area contributed by atoms with Crippen molar-refractivity contribution in [3.05, 3.63) is 12.4 Å². The van der Waals surface area contributed by atoms with Crippen molar-refractivity contribution in [1.82, 2.24) is 20.2 Å². The molecule has 0 radical (unpaired) electrons. The highest BCUT2D eigenvalue weighted by atomic mass is 16.5. The van der Waals surface area contributed by atoms with E-state index < -0.39 is 0 Å². The topological polar surface area (TPSA) is 87.7 Å². The largest absolute Gasteiger partial charge is 0.481 e. The van der Waals surface area contributed by atoms with Crippen LogP contribution < -0.4 is 15.0 Å². The molecular formula is C21H31N5O3. The van der Waals surface area contributed by atoms with E-state index in [-0.39, 0.29) is 23.9 Å². The Morgan fingerprint density at radius 3 is 2.93 bits per heavy atom. The van der Waals surface area contributed by atoms with Gasteiger partial charge in [0.25, 0.3) is 0 Å². The molecule has 8 nitrogen and oxygen atoms in total. The normalized spacial score (nSPS) is 28.7. The minimum absolute atomic E-state index is 0.0522. The summed E-state index contributed by atoms with van der Waals surface area (Å²) in [6.45, 7) is 4.25. The Morgan fingerprint density at radius 2 is 2.14 bits per heavy atom. The van der Waals surface area contributed by atoms with Gasteiger partial charge in [-0.1, -0.05) is 6.92 Å². The van der Waals surface area contributed by atoms with Crippen LogP contribution in [0.1, 0.15) is 45.4 Å². The third kappa shape index (κ3) is 4.02. The first kappa shape index (κ1) is 19.9. The molecule has 2 amide bonds. The highest BCUT2D eigenvalue weighted by Crippen LogP contribution is 2.42. The molecule has 29 heavy (non-hydrogen) atoms. The smallest absolute Gasteiger partial charge is 0.223 e. The third-order valence-corrected chi connectivity index (χ3v) is 6.64. The van der Waals surface area contributed by atoms with Gasteiger partial charge in [0.2, 0.25) is 17.7 Å². The van der Waals surface area contributed by atoms with E-state index >= 15 is 0 Å². The van der Waals surface area contributed by atoms with Gasteiger partial charge in [-0.2, -0.15) is 0 Å². The van der Waals surface area contributed by atoms with E-state index in [0.29, 0.717) is 37.1 Å². The summed E-state index contributed by atoms with van der Waals surface area (Å²) >= 11 is 0. The number of nitrogens with one attached hydrogen (secondary N) is 1. The zero-order valence-electron chi connectivity index (χ0n) is 17.3. The van der Waals surface area contributed by atoms with Crippen LogP contribution in [0, 0.1) is 11.8 Å². The standard InChI is InChI=1S/C21H31N5O3/c1-3-5-19(27)22-10-17-15-8-14(16-6-4-7-21(28)26(16)17)11-25(12-15)18-9-20(29-2)24-13-23-18/h9,13-17H,3-8,10-12H2,1-2H3,(H,22,27)/t14-,15+,16+,17+/m1/s1. The van der Waals surface area contributed by atoms with Gasteiger partial charge in [0, 0.05) is 44.6 Å². The molecule has 4 atom stereocenters. The van der Waals surface area contributed by atoms with Crippen LogP contribution in [0.3, 0.4) is 0 Å². The number of rotatable bonds is 6. The van der Waals surface area contributed by atoms with Crippen LogP contribution in [0.15, 0.2) is 12.4 Å². The van der Waals surface area contributed by atoms with Gasteiger partial charge >= 0.3 is 0 Å². The van der Waals surface area contributed by atoms with Gasteiger partial charge in [0.1, 0.15) is 12.1 Å². The zero-order valence-corrected chi connectivity index (χ0v) is 17.3. The number of fused-ring (bicyclic) bond motifs is 4. The average Bonchev–Trinajstić information content (AvgIpc) is 2.74. The van der Waals surface area contributed by atoms with Crippen LogP contribution in [-0.4, -0.2) is 65.5 Å². The Kier molecular flexibility index (Phi) is 5.87. The fourth-order valence-electron chi connectivity index (χ4n) is 5.37. The molecule has 4 heterocycles. The number of carbonyl (C=O) groups excluding carboxylic acids is 2. The van der Waals surface area contributed by atoms with E-state index in [0.717, 1.165) is 44.6 Å². The monoisotopic (exact) mass is 401 g/mol. The molecule has 158 valence electrons. The molecule has 1 N–H and O–H groups in total. The average molecular weight is 402 g/mol. The van der Waals surface area contributed by atoms with E-state index in [9.17, 15) is 9.59 Å². The lowest BCUT2D eigenvalue weighted by Crippen LogP contribution is -2.67. The number of piperidine rings is 3. The predicted molar refractivity (Wildman–Crippen MR) is 109 cm³/mol. The lowest BCUT2D eigenvalue weighted by molar-refractivity contribution is -0.149. The van der Waals surface area contributed by atoms with Crippen LogP contribution in [0.5, 0.6) is 5.88 Å². The summed E-state index contributed by atoms with van der Waals surface area (Å²) in [7, 11) is 1.61. The first-order chi connectivity index (χ1) is 14.1. The zero-order chi connectivity index (χ0) is 20.4. The quantitative estimate of drug-likeness (QED) is 0.779. The lowest BCUT2D eigenvalue weighted by Gasteiger charge is -2.56. The molecule has 1 aromatic heterocycles. The maximum atomic E-state index is 12.8. The molecule has 3 saturated heterocycles. The highest BCUT2D eigenvalue weighted by molar-refractivity contribution is 5.79. The van der Waals surface area contributed by atoms with Crippen LogP contribution >= 0.6 is 0 Å². The third-order valence-electron chi connectivity index (χ3n) is 6.64. The SMILES string of the molecule is CCCC(=O)NC[C@H]1[C@H]2C[C@H](CN(c3cc(OC)ncn3)C2)[C@@H]2CCCC(=O)N21. The number of hydrogen-bond donors (Lipinski definition) is 1. The van der Waals surface area contributed by atoms with E-state index in [1.54, 1.807) is 7.11 Å². The van der Waals surface area contributed by atoms with Crippen molar-refractivity contribution in [1.29, 1.82) is 0 Å². The van der Waals surface area contributed by atoms with Crippen LogP contribution in [-0.2, 0) is 9.59 Å².